The molecule has 0 saturated carbocycles. The first-order valence-corrected chi connectivity index (χ1v) is 10.5. The number of pyridine rings is 1. The van der Waals surface area contributed by atoms with Gasteiger partial charge in [-0.3, -0.25) is 4.79 Å². The topological polar surface area (TPSA) is 86.8 Å². The Hall–Kier alpha value is -4.10. The molecule has 0 spiro atoms. The van der Waals surface area contributed by atoms with Crippen LogP contribution in [0.25, 0.3) is 22.2 Å². The third kappa shape index (κ3) is 4.31. The Labute approximate surface area is 193 Å². The van der Waals surface area contributed by atoms with Crippen molar-refractivity contribution in [1.82, 2.24) is 4.98 Å². The van der Waals surface area contributed by atoms with Crippen molar-refractivity contribution in [2.75, 3.05) is 18.7 Å². The van der Waals surface area contributed by atoms with Crippen LogP contribution >= 0.6 is 11.6 Å². The normalized spacial score (nSPS) is 11.9. The Morgan fingerprint density at radius 1 is 0.970 bits per heavy atom. The van der Waals surface area contributed by atoms with E-state index in [0.29, 0.717) is 49.9 Å². The van der Waals surface area contributed by atoms with Crippen LogP contribution in [0.4, 0.5) is 5.69 Å². The van der Waals surface area contributed by atoms with E-state index >= 15 is 0 Å². The predicted octanol–water partition coefficient (Wildman–Crippen LogP) is 5.08. The van der Waals surface area contributed by atoms with Crippen molar-refractivity contribution in [3.05, 3.63) is 83.4 Å². The molecule has 0 saturated heterocycles. The van der Waals surface area contributed by atoms with Gasteiger partial charge in [0.15, 0.2) is 18.1 Å². The van der Waals surface area contributed by atoms with Crippen LogP contribution in [0.5, 0.6) is 11.5 Å². The molecule has 1 aliphatic heterocycles. The summed E-state index contributed by atoms with van der Waals surface area (Å²) in [6.07, 6.45) is 0. The average molecular weight is 461 g/mol. The zero-order valence-corrected chi connectivity index (χ0v) is 18.0. The molecule has 1 N–H and O–H groups in total. The molecule has 5 rings (SSSR count). The van der Waals surface area contributed by atoms with Gasteiger partial charge in [-0.05, 0) is 30.3 Å². The fourth-order valence-corrected chi connectivity index (χ4v) is 3.76. The Morgan fingerprint density at radius 2 is 1.76 bits per heavy atom. The molecule has 1 amide bonds. The molecule has 0 bridgehead atoms. The van der Waals surface area contributed by atoms with Crippen molar-refractivity contribution >= 4 is 40.1 Å². The maximum absolute atomic E-state index is 12.9. The fraction of sp³-hybridized carbons (Fsp3) is 0.0800. The van der Waals surface area contributed by atoms with Gasteiger partial charge in [0, 0.05) is 27.7 Å². The summed E-state index contributed by atoms with van der Waals surface area (Å²) in [5.41, 5.74) is 2.66. The van der Waals surface area contributed by atoms with Crippen molar-refractivity contribution in [3.63, 3.8) is 0 Å². The number of ether oxygens (including phenoxy) is 3. The molecular weight excluding hydrogens is 444 g/mol. The predicted molar refractivity (Wildman–Crippen MR) is 124 cm³/mol. The summed E-state index contributed by atoms with van der Waals surface area (Å²) in [7, 11) is 0. The van der Waals surface area contributed by atoms with Gasteiger partial charge in [-0.1, -0.05) is 48.0 Å². The van der Waals surface area contributed by atoms with Crippen molar-refractivity contribution in [2.24, 2.45) is 0 Å². The second-order valence-electron chi connectivity index (χ2n) is 7.24. The van der Waals surface area contributed by atoms with Gasteiger partial charge in [-0.2, -0.15) is 0 Å². The SMILES string of the molecule is O=C(COC(=O)c1cc(-c2ccccc2Cl)nc2ccccc12)Nc1ccc2c(c1)OCO2. The number of benzene rings is 3. The molecule has 33 heavy (non-hydrogen) atoms. The van der Waals surface area contributed by atoms with Crippen LogP contribution in [-0.2, 0) is 9.53 Å². The number of nitrogens with one attached hydrogen (secondary N) is 1. The van der Waals surface area contributed by atoms with Crippen LogP contribution in [0.2, 0.25) is 5.02 Å². The van der Waals surface area contributed by atoms with Crippen LogP contribution in [0.15, 0.2) is 72.8 Å². The molecule has 164 valence electrons. The van der Waals surface area contributed by atoms with E-state index in [1.165, 1.54) is 0 Å². The molecule has 0 atom stereocenters. The second kappa shape index (κ2) is 8.80. The van der Waals surface area contributed by atoms with Crippen molar-refractivity contribution in [3.8, 4) is 22.8 Å². The number of carbonyl (C=O) groups excluding carboxylic acids is 2. The number of carbonyl (C=O) groups is 2. The average Bonchev–Trinajstić information content (AvgIpc) is 3.30. The fourth-order valence-electron chi connectivity index (χ4n) is 3.53. The molecule has 2 heterocycles. The number of para-hydroxylation sites is 1. The third-order valence-electron chi connectivity index (χ3n) is 5.08. The number of aromatic nitrogens is 1. The molecule has 0 radical (unpaired) electrons. The number of hydrogen-bond acceptors (Lipinski definition) is 6. The lowest BCUT2D eigenvalue weighted by atomic mass is 10.0. The van der Waals surface area contributed by atoms with Gasteiger partial charge >= 0.3 is 5.97 Å². The lowest BCUT2D eigenvalue weighted by Crippen LogP contribution is -2.21. The quantitative estimate of drug-likeness (QED) is 0.418. The first-order valence-electron chi connectivity index (χ1n) is 10.1. The molecule has 8 heteroatoms. The van der Waals surface area contributed by atoms with Crippen molar-refractivity contribution < 1.29 is 23.8 Å². The summed E-state index contributed by atoms with van der Waals surface area (Å²) in [4.78, 5) is 29.9. The van der Waals surface area contributed by atoms with Gasteiger partial charge < -0.3 is 19.5 Å². The molecule has 3 aromatic carbocycles. The van der Waals surface area contributed by atoms with E-state index in [1.54, 1.807) is 42.5 Å². The number of anilines is 1. The molecule has 1 aromatic heterocycles. The van der Waals surface area contributed by atoms with Gasteiger partial charge in [0.25, 0.3) is 5.91 Å². The van der Waals surface area contributed by atoms with E-state index in [1.807, 2.05) is 30.3 Å². The first kappa shape index (κ1) is 20.8. The smallest absolute Gasteiger partial charge is 0.339 e. The number of halogens is 1. The Morgan fingerprint density at radius 3 is 2.64 bits per heavy atom. The van der Waals surface area contributed by atoms with E-state index in [-0.39, 0.29) is 6.79 Å². The van der Waals surface area contributed by atoms with E-state index in [0.717, 1.165) is 0 Å². The zero-order chi connectivity index (χ0) is 22.8. The minimum atomic E-state index is -0.636. The van der Waals surface area contributed by atoms with Crippen LogP contribution in [0.3, 0.4) is 0 Å². The van der Waals surface area contributed by atoms with Crippen molar-refractivity contribution in [2.45, 2.75) is 0 Å². The van der Waals surface area contributed by atoms with Gasteiger partial charge in [-0.25, -0.2) is 9.78 Å². The van der Waals surface area contributed by atoms with Crippen LogP contribution < -0.4 is 14.8 Å². The standard InChI is InChI=1S/C25H17ClN2O5/c26-19-7-3-1-6-17(19)21-12-18(16-5-2-4-8-20(16)28-21)25(30)31-13-24(29)27-15-9-10-22-23(11-15)33-14-32-22/h1-12H,13-14H2,(H,27,29). The largest absolute Gasteiger partial charge is 0.454 e. The van der Waals surface area contributed by atoms with Gasteiger partial charge in [0.2, 0.25) is 6.79 Å². The van der Waals surface area contributed by atoms with E-state index < -0.39 is 18.5 Å². The lowest BCUT2D eigenvalue weighted by molar-refractivity contribution is -0.119. The zero-order valence-electron chi connectivity index (χ0n) is 17.2. The first-order chi connectivity index (χ1) is 16.1. The molecular formula is C25H17ClN2O5. The lowest BCUT2D eigenvalue weighted by Gasteiger charge is -2.11. The maximum atomic E-state index is 12.9. The molecule has 0 fully saturated rings. The molecule has 4 aromatic rings. The number of fused-ring (bicyclic) bond motifs is 2. The minimum absolute atomic E-state index is 0.139. The van der Waals surface area contributed by atoms with Crippen LogP contribution in [0, 0.1) is 0 Å². The second-order valence-corrected chi connectivity index (χ2v) is 7.65. The summed E-state index contributed by atoms with van der Waals surface area (Å²) in [5, 5.41) is 3.82. The van der Waals surface area contributed by atoms with E-state index in [2.05, 4.69) is 10.3 Å². The Bertz CT molecular complexity index is 1390. The molecule has 7 nitrogen and oxygen atoms in total. The number of amides is 1. The molecule has 0 aliphatic carbocycles. The number of hydrogen-bond donors (Lipinski definition) is 1. The van der Waals surface area contributed by atoms with Gasteiger partial charge in [0.05, 0.1) is 16.8 Å². The minimum Gasteiger partial charge on any atom is -0.454 e. The monoisotopic (exact) mass is 460 g/mol. The summed E-state index contributed by atoms with van der Waals surface area (Å²) in [5.74, 6) is 0.0353. The highest BCUT2D eigenvalue weighted by molar-refractivity contribution is 6.33. The van der Waals surface area contributed by atoms with Crippen LogP contribution in [0.1, 0.15) is 10.4 Å². The number of rotatable bonds is 5. The number of esters is 1. The molecule has 1 aliphatic rings. The summed E-state index contributed by atoms with van der Waals surface area (Å²) < 4.78 is 15.9. The third-order valence-corrected chi connectivity index (χ3v) is 5.41. The summed E-state index contributed by atoms with van der Waals surface area (Å²) in [6, 6.07) is 21.1. The Balaban J connectivity index is 1.35. The van der Waals surface area contributed by atoms with E-state index in [9.17, 15) is 9.59 Å². The number of nitrogens with zero attached hydrogens (tertiary/aromatic N) is 1. The summed E-state index contributed by atoms with van der Waals surface area (Å²) >= 11 is 6.33. The summed E-state index contributed by atoms with van der Waals surface area (Å²) in [6.45, 7) is -0.314. The highest BCUT2D eigenvalue weighted by Crippen LogP contribution is 2.34. The Kier molecular flexibility index (Phi) is 5.54. The molecule has 0 unspecified atom stereocenters. The maximum Gasteiger partial charge on any atom is 0.339 e. The van der Waals surface area contributed by atoms with E-state index in [4.69, 9.17) is 25.8 Å². The van der Waals surface area contributed by atoms with Gasteiger partial charge in [-0.15, -0.1) is 0 Å². The van der Waals surface area contributed by atoms with Crippen LogP contribution in [-0.4, -0.2) is 30.3 Å². The van der Waals surface area contributed by atoms with Gasteiger partial charge in [0.1, 0.15) is 0 Å². The highest BCUT2D eigenvalue weighted by atomic mass is 35.5. The highest BCUT2D eigenvalue weighted by Gasteiger charge is 2.18. The van der Waals surface area contributed by atoms with Crippen molar-refractivity contribution in [1.29, 1.82) is 0 Å².